The topological polar surface area (TPSA) is 227 Å². The molecule has 0 spiro atoms. The molecule has 22 heteroatoms. The molecule has 0 radical (unpaired) electrons. The first-order valence-electron chi connectivity index (χ1n) is 27.3. The number of para-hydroxylation sites is 2. The molecular formula is C66H54F3N15O4. The van der Waals surface area contributed by atoms with Gasteiger partial charge in [0.25, 0.3) is 17.7 Å². The molecule has 0 unspecified atom stereocenters. The van der Waals surface area contributed by atoms with E-state index in [4.69, 9.17) is 0 Å². The van der Waals surface area contributed by atoms with Gasteiger partial charge in [-0.05, 0) is 153 Å². The summed E-state index contributed by atoms with van der Waals surface area (Å²) in [5.74, 6) is 0.684. The van der Waals surface area contributed by atoms with Crippen molar-refractivity contribution < 1.29 is 32.3 Å². The van der Waals surface area contributed by atoms with E-state index in [1.165, 1.54) is 16.8 Å². The van der Waals surface area contributed by atoms with Crippen LogP contribution in [-0.2, 0) is 0 Å². The van der Waals surface area contributed by atoms with Gasteiger partial charge in [-0.25, -0.2) is 0 Å². The van der Waals surface area contributed by atoms with Gasteiger partial charge < -0.3 is 4.74 Å². The predicted octanol–water partition coefficient (Wildman–Crippen LogP) is 13.2. The van der Waals surface area contributed by atoms with Gasteiger partial charge in [-0.15, -0.1) is 28.5 Å². The Morgan fingerprint density at radius 1 is 0.398 bits per heavy atom. The maximum atomic E-state index is 12.8. The number of pyridine rings is 3. The summed E-state index contributed by atoms with van der Waals surface area (Å²) in [7, 11) is 0. The number of rotatable bonds is 13. The molecule has 0 aliphatic heterocycles. The average Bonchev–Trinajstić information content (AvgIpc) is 4.26. The van der Waals surface area contributed by atoms with Crippen molar-refractivity contribution in [1.82, 2.24) is 59.2 Å². The zero-order valence-corrected chi connectivity index (χ0v) is 47.9. The Balaban J connectivity index is 0.000000146. The van der Waals surface area contributed by atoms with Crippen LogP contribution in [0.15, 0.2) is 219 Å². The molecule has 0 saturated heterocycles. The van der Waals surface area contributed by atoms with Crippen LogP contribution in [0.2, 0.25) is 0 Å². The number of anilines is 3. The second-order valence-corrected chi connectivity index (χ2v) is 19.6. The number of aromatic nitrogens is 12. The molecule has 6 aromatic heterocycles. The molecular weight excluding hydrogens is 1120 g/mol. The number of ether oxygens (including phenoxy) is 1. The van der Waals surface area contributed by atoms with E-state index in [-0.39, 0.29) is 29.3 Å². The van der Waals surface area contributed by atoms with Crippen LogP contribution >= 0.6 is 0 Å². The van der Waals surface area contributed by atoms with E-state index in [2.05, 4.69) is 65.9 Å². The van der Waals surface area contributed by atoms with Crippen molar-refractivity contribution in [1.29, 1.82) is 0 Å². The number of halogens is 3. The maximum Gasteiger partial charge on any atom is 0.573 e. The van der Waals surface area contributed by atoms with Gasteiger partial charge in [0, 0.05) is 35.3 Å². The van der Waals surface area contributed by atoms with E-state index < -0.39 is 12.3 Å². The van der Waals surface area contributed by atoms with E-state index in [0.29, 0.717) is 63.0 Å². The zero-order chi connectivity index (χ0) is 61.7. The second-order valence-electron chi connectivity index (χ2n) is 19.6. The summed E-state index contributed by atoms with van der Waals surface area (Å²) in [5, 5.41) is 22.1. The average molecular weight is 1180 g/mol. The maximum absolute atomic E-state index is 12.8. The SMILES string of the molecule is Cc1ccc(-c2nc(NC(=O)c3ccccc3C)n(-c3ccccc3)n2)nc1.Cc1ccccc1C(=O)Nc1nc(-c2ccccn2)nn1-c1ccc(OC(F)(F)F)cc1.Cc1ccccc1C(=O)Nc1nc(-c2ncccc2C)nn1-c1ccccc1. The molecule has 438 valence electrons. The Bertz CT molecular complexity index is 4390. The quantitative estimate of drug-likeness (QED) is 0.0977. The zero-order valence-electron chi connectivity index (χ0n) is 47.9. The van der Waals surface area contributed by atoms with E-state index in [0.717, 1.165) is 51.3 Å². The number of alkyl halides is 3. The number of carbonyl (C=O) groups excluding carboxylic acids is 3. The smallest absolute Gasteiger partial charge is 0.406 e. The van der Waals surface area contributed by atoms with E-state index in [1.807, 2.05) is 155 Å². The highest BCUT2D eigenvalue weighted by atomic mass is 19.4. The fourth-order valence-electron chi connectivity index (χ4n) is 8.77. The highest BCUT2D eigenvalue weighted by molar-refractivity contribution is 6.06. The lowest BCUT2D eigenvalue weighted by Crippen LogP contribution is -2.17. The molecule has 6 heterocycles. The molecule has 0 saturated carbocycles. The third-order valence-electron chi connectivity index (χ3n) is 13.2. The highest BCUT2D eigenvalue weighted by Gasteiger charge is 2.31. The van der Waals surface area contributed by atoms with Crippen LogP contribution in [-0.4, -0.2) is 83.3 Å². The van der Waals surface area contributed by atoms with Crippen LogP contribution in [0.4, 0.5) is 31.0 Å². The molecule has 6 aromatic carbocycles. The van der Waals surface area contributed by atoms with Crippen molar-refractivity contribution in [2.75, 3.05) is 16.0 Å². The Morgan fingerprint density at radius 3 is 1.22 bits per heavy atom. The minimum absolute atomic E-state index is 0.0865. The Morgan fingerprint density at radius 2 is 0.795 bits per heavy atom. The summed E-state index contributed by atoms with van der Waals surface area (Å²) in [6.07, 6.45) is 0.250. The van der Waals surface area contributed by atoms with Crippen LogP contribution in [0.1, 0.15) is 58.9 Å². The van der Waals surface area contributed by atoms with Gasteiger partial charge in [0.15, 0.2) is 0 Å². The van der Waals surface area contributed by atoms with Gasteiger partial charge in [0.2, 0.25) is 35.3 Å². The Kier molecular flexibility index (Phi) is 18.1. The van der Waals surface area contributed by atoms with Gasteiger partial charge in [-0.2, -0.15) is 29.0 Å². The fourth-order valence-corrected chi connectivity index (χ4v) is 8.77. The minimum Gasteiger partial charge on any atom is -0.406 e. The van der Waals surface area contributed by atoms with E-state index >= 15 is 0 Å². The van der Waals surface area contributed by atoms with Crippen LogP contribution < -0.4 is 20.7 Å². The molecule has 0 aliphatic carbocycles. The molecule has 0 aliphatic rings. The molecule has 12 rings (SSSR count). The van der Waals surface area contributed by atoms with Crippen molar-refractivity contribution in [2.45, 2.75) is 41.0 Å². The first-order valence-corrected chi connectivity index (χ1v) is 27.3. The second kappa shape index (κ2) is 26.8. The van der Waals surface area contributed by atoms with Gasteiger partial charge in [0.1, 0.15) is 22.8 Å². The normalized spacial score (nSPS) is 10.9. The number of benzene rings is 6. The third-order valence-corrected chi connectivity index (χ3v) is 13.2. The number of nitrogens with one attached hydrogen (secondary N) is 3. The van der Waals surface area contributed by atoms with Crippen LogP contribution in [0.25, 0.3) is 51.6 Å². The molecule has 88 heavy (non-hydrogen) atoms. The summed E-state index contributed by atoms with van der Waals surface area (Å²) in [4.78, 5) is 64.9. The molecule has 3 amide bonds. The lowest BCUT2D eigenvalue weighted by molar-refractivity contribution is -0.274. The van der Waals surface area contributed by atoms with E-state index in [1.54, 1.807) is 83.4 Å². The largest absolute Gasteiger partial charge is 0.573 e. The monoisotopic (exact) mass is 1180 g/mol. The molecule has 19 nitrogen and oxygen atoms in total. The molecule has 0 bridgehead atoms. The van der Waals surface area contributed by atoms with Crippen LogP contribution in [0.5, 0.6) is 5.75 Å². The standard InChI is InChI=1S/C22H16F3N5O2.2C22H19N5O/c1-14-6-2-3-7-17(14)20(31)28-21-27-19(18-8-4-5-13-26-18)29-30(21)15-9-11-16(12-10-15)32-22(23,24)25;1-15-9-6-7-13-18(15)21(28)25-22-24-20(19-16(2)10-8-14-23-19)26-27(22)17-11-4-3-5-12-17;1-15-12-13-19(23-14-15)20-24-22(27(26-20)17-9-4-3-5-10-17)25-21(28)18-11-7-6-8-16(18)2/h2-13H,1H3,(H,27,28,29,31);2*3-14H,1-2H3,(H,24,25,26,28). The van der Waals surface area contributed by atoms with Crippen molar-refractivity contribution in [3.05, 3.63) is 263 Å². The first kappa shape index (κ1) is 59.4. The third kappa shape index (κ3) is 14.6. The number of carbonyl (C=O) groups is 3. The van der Waals surface area contributed by atoms with Crippen molar-refractivity contribution in [2.24, 2.45) is 0 Å². The number of nitrogens with zero attached hydrogens (tertiary/aromatic N) is 12. The van der Waals surface area contributed by atoms with Crippen molar-refractivity contribution in [3.63, 3.8) is 0 Å². The predicted molar refractivity (Wildman–Crippen MR) is 327 cm³/mol. The molecule has 12 aromatic rings. The van der Waals surface area contributed by atoms with Gasteiger partial charge in [-0.1, -0.05) is 109 Å². The first-order chi connectivity index (χ1) is 42.5. The number of amides is 3. The Hall–Kier alpha value is -11.8. The highest BCUT2D eigenvalue weighted by Crippen LogP contribution is 2.28. The van der Waals surface area contributed by atoms with E-state index in [9.17, 15) is 27.6 Å². The summed E-state index contributed by atoms with van der Waals surface area (Å²) in [6.45, 7) is 9.54. The van der Waals surface area contributed by atoms with Gasteiger partial charge in [-0.3, -0.25) is 45.3 Å². The molecule has 0 fully saturated rings. The number of hydrogen-bond donors (Lipinski definition) is 3. The van der Waals surface area contributed by atoms with Crippen LogP contribution in [0.3, 0.4) is 0 Å². The minimum atomic E-state index is -4.80. The lowest BCUT2D eigenvalue weighted by Gasteiger charge is -2.11. The van der Waals surface area contributed by atoms with Gasteiger partial charge in [0.05, 0.1) is 17.1 Å². The molecule has 0 atom stereocenters. The number of aryl methyl sites for hydroxylation is 5. The van der Waals surface area contributed by atoms with Crippen molar-refractivity contribution in [3.8, 4) is 57.4 Å². The summed E-state index contributed by atoms with van der Waals surface area (Å²) >= 11 is 0. The molecule has 3 N–H and O–H groups in total. The summed E-state index contributed by atoms with van der Waals surface area (Å²) < 4.78 is 45.8. The van der Waals surface area contributed by atoms with Gasteiger partial charge >= 0.3 is 6.36 Å². The fraction of sp³-hybridized carbons (Fsp3) is 0.0909. The Labute approximate surface area is 502 Å². The lowest BCUT2D eigenvalue weighted by atomic mass is 10.1. The van der Waals surface area contributed by atoms with Crippen molar-refractivity contribution >= 4 is 35.6 Å². The number of hydrogen-bond acceptors (Lipinski definition) is 13. The summed E-state index contributed by atoms with van der Waals surface area (Å²) in [5.41, 5.74) is 10.00. The van der Waals surface area contributed by atoms with Crippen LogP contribution in [0, 0.1) is 34.6 Å². The summed E-state index contributed by atoms with van der Waals surface area (Å²) in [6, 6.07) is 58.9.